The Labute approximate surface area is 155 Å². The van der Waals surface area contributed by atoms with Crippen molar-refractivity contribution in [2.45, 2.75) is 25.3 Å². The summed E-state index contributed by atoms with van der Waals surface area (Å²) in [6, 6.07) is 6.75. The molecule has 0 saturated carbocycles. The number of carbonyl (C=O) groups is 1. The van der Waals surface area contributed by atoms with Gasteiger partial charge in [-0.2, -0.15) is 0 Å². The fourth-order valence-electron chi connectivity index (χ4n) is 2.72. The highest BCUT2D eigenvalue weighted by molar-refractivity contribution is 8.13. The number of carbonyl (C=O) groups excluding carboxylic acids is 1. The van der Waals surface area contributed by atoms with E-state index in [1.807, 2.05) is 13.0 Å². The summed E-state index contributed by atoms with van der Waals surface area (Å²) >= 11 is 1.54. The molecular weight excluding hydrogens is 355 g/mol. The van der Waals surface area contributed by atoms with Crippen LogP contribution in [0.5, 0.6) is 5.75 Å². The molecule has 8 heteroatoms. The van der Waals surface area contributed by atoms with Crippen molar-refractivity contribution in [2.75, 3.05) is 12.6 Å². The molecule has 0 aliphatic carbocycles. The first-order chi connectivity index (χ1) is 12.5. The van der Waals surface area contributed by atoms with Crippen LogP contribution >= 0.6 is 11.8 Å². The second-order valence-electron chi connectivity index (χ2n) is 6.10. The highest BCUT2D eigenvalue weighted by Gasteiger charge is 2.31. The third kappa shape index (κ3) is 4.19. The smallest absolute Gasteiger partial charge is 0.228 e. The first-order valence-electron chi connectivity index (χ1n) is 8.12. The average molecular weight is 374 g/mol. The topological polar surface area (TPSA) is 90.5 Å². The Morgan fingerprint density at radius 3 is 2.92 bits per heavy atom. The molecular formula is C18H19FN4O2S. The van der Waals surface area contributed by atoms with Crippen molar-refractivity contribution >= 4 is 22.7 Å². The third-order valence-corrected chi connectivity index (χ3v) is 4.98. The van der Waals surface area contributed by atoms with Gasteiger partial charge >= 0.3 is 0 Å². The number of hydrogen-bond donors (Lipinski definition) is 1. The summed E-state index contributed by atoms with van der Waals surface area (Å²) in [5.41, 5.74) is 7.32. The van der Waals surface area contributed by atoms with Crippen molar-refractivity contribution in [2.24, 2.45) is 10.7 Å². The highest BCUT2D eigenvalue weighted by atomic mass is 32.2. The zero-order chi connectivity index (χ0) is 18.6. The number of ketones is 1. The van der Waals surface area contributed by atoms with Gasteiger partial charge in [0, 0.05) is 18.4 Å². The molecule has 0 spiro atoms. The van der Waals surface area contributed by atoms with Crippen LogP contribution in [0.4, 0.5) is 4.39 Å². The maximum absolute atomic E-state index is 12.5. The summed E-state index contributed by atoms with van der Waals surface area (Å²) in [5, 5.41) is 0.557. The summed E-state index contributed by atoms with van der Waals surface area (Å²) in [4.78, 5) is 25.5. The quantitative estimate of drug-likeness (QED) is 0.782. The van der Waals surface area contributed by atoms with Gasteiger partial charge in [-0.25, -0.2) is 14.4 Å². The van der Waals surface area contributed by atoms with Gasteiger partial charge in [0.05, 0.1) is 11.9 Å². The van der Waals surface area contributed by atoms with Crippen molar-refractivity contribution in [3.8, 4) is 5.75 Å². The van der Waals surface area contributed by atoms with Crippen LogP contribution in [0.2, 0.25) is 0 Å². The molecule has 1 aliphatic rings. The lowest BCUT2D eigenvalue weighted by Crippen LogP contribution is -2.29. The van der Waals surface area contributed by atoms with Gasteiger partial charge in [0.15, 0.2) is 11.0 Å². The Kier molecular flexibility index (Phi) is 5.51. The molecule has 6 nitrogen and oxygen atoms in total. The van der Waals surface area contributed by atoms with Gasteiger partial charge < -0.3 is 10.5 Å². The zero-order valence-electron chi connectivity index (χ0n) is 14.3. The van der Waals surface area contributed by atoms with Gasteiger partial charge in [0.2, 0.25) is 6.86 Å². The Bertz CT molecular complexity index is 828. The highest BCUT2D eigenvalue weighted by Crippen LogP contribution is 2.34. The number of amidine groups is 1. The van der Waals surface area contributed by atoms with Crippen LogP contribution in [0, 0.1) is 0 Å². The summed E-state index contributed by atoms with van der Waals surface area (Å²) < 4.78 is 16.8. The van der Waals surface area contributed by atoms with Crippen LogP contribution in [0.3, 0.4) is 0 Å². The predicted molar refractivity (Wildman–Crippen MR) is 99.2 cm³/mol. The molecule has 1 atom stereocenters. The molecule has 136 valence electrons. The normalized spacial score (nSPS) is 19.7. The maximum Gasteiger partial charge on any atom is 0.228 e. The summed E-state index contributed by atoms with van der Waals surface area (Å²) in [6.45, 7) is 1.07. The minimum atomic E-state index is -0.932. The molecule has 3 heterocycles. The summed E-state index contributed by atoms with van der Waals surface area (Å²) in [6.07, 6.45) is 4.04. The van der Waals surface area contributed by atoms with E-state index >= 15 is 0 Å². The molecule has 0 amide bonds. The SMILES string of the molecule is C[C@@]1(c2cc(CC(=O)c3ccc(OCF)cn3)ccn2)CCSC(N)=N1. The number of aromatic nitrogens is 2. The minimum Gasteiger partial charge on any atom is -0.461 e. The number of nitrogens with zero attached hydrogens (tertiary/aromatic N) is 3. The lowest BCUT2D eigenvalue weighted by Gasteiger charge is -2.28. The van der Waals surface area contributed by atoms with Crippen LogP contribution in [0.15, 0.2) is 41.7 Å². The van der Waals surface area contributed by atoms with Gasteiger partial charge in [0.1, 0.15) is 17.0 Å². The molecule has 2 aromatic heterocycles. The number of ether oxygens (including phenoxy) is 1. The number of pyridine rings is 2. The van der Waals surface area contributed by atoms with Crippen molar-refractivity contribution in [3.05, 3.63) is 53.6 Å². The lowest BCUT2D eigenvalue weighted by atomic mass is 9.92. The van der Waals surface area contributed by atoms with E-state index < -0.39 is 12.4 Å². The molecule has 1 aliphatic heterocycles. The van der Waals surface area contributed by atoms with E-state index in [4.69, 9.17) is 5.73 Å². The Hall–Kier alpha value is -2.48. The van der Waals surface area contributed by atoms with Crippen LogP contribution < -0.4 is 10.5 Å². The van der Waals surface area contributed by atoms with Crippen molar-refractivity contribution in [1.29, 1.82) is 0 Å². The fraction of sp³-hybridized carbons (Fsp3) is 0.333. The average Bonchev–Trinajstić information content (AvgIpc) is 2.63. The number of nitrogens with two attached hydrogens (primary N) is 1. The summed E-state index contributed by atoms with van der Waals surface area (Å²) in [5.74, 6) is 1.03. The van der Waals surface area contributed by atoms with Gasteiger partial charge in [-0.1, -0.05) is 11.8 Å². The number of thioether (sulfide) groups is 1. The van der Waals surface area contributed by atoms with Gasteiger partial charge in [-0.3, -0.25) is 9.78 Å². The first-order valence-corrected chi connectivity index (χ1v) is 9.10. The standard InChI is InChI=1S/C18H19FN4O2S/c1-18(5-7-26-17(20)23-18)16-9-12(4-6-21-16)8-15(24)14-3-2-13(10-22-14)25-11-19/h2-4,6,9-10H,5,7-8,11H2,1H3,(H2,20,23)/t18-/m0/s1. The molecule has 2 aromatic rings. The number of Topliss-reactive ketones (excluding diaryl/α,β-unsaturated/α-hetero) is 1. The Morgan fingerprint density at radius 2 is 2.23 bits per heavy atom. The molecule has 0 bridgehead atoms. The second-order valence-corrected chi connectivity index (χ2v) is 7.22. The van der Waals surface area contributed by atoms with Gasteiger partial charge in [-0.05, 0) is 43.2 Å². The van der Waals surface area contributed by atoms with E-state index in [1.165, 1.54) is 30.1 Å². The fourth-order valence-corrected chi connectivity index (χ4v) is 3.69. The number of halogens is 1. The van der Waals surface area contributed by atoms with Crippen molar-refractivity contribution in [1.82, 2.24) is 9.97 Å². The first kappa shape index (κ1) is 18.3. The predicted octanol–water partition coefficient (Wildman–Crippen LogP) is 2.87. The molecule has 0 saturated heterocycles. The third-order valence-electron chi connectivity index (χ3n) is 4.18. The monoisotopic (exact) mass is 374 g/mol. The molecule has 0 unspecified atom stereocenters. The number of alkyl halides is 1. The molecule has 2 N–H and O–H groups in total. The molecule has 26 heavy (non-hydrogen) atoms. The van der Waals surface area contributed by atoms with Crippen LogP contribution in [-0.4, -0.2) is 33.5 Å². The van der Waals surface area contributed by atoms with Gasteiger partial charge in [-0.15, -0.1) is 0 Å². The molecule has 3 rings (SSSR count). The van der Waals surface area contributed by atoms with Crippen LogP contribution in [-0.2, 0) is 12.0 Å². The molecule has 0 fully saturated rings. The number of rotatable bonds is 6. The Balaban J connectivity index is 1.76. The minimum absolute atomic E-state index is 0.138. The number of aliphatic imine (C=N–C) groups is 1. The van der Waals surface area contributed by atoms with Crippen molar-refractivity contribution in [3.63, 3.8) is 0 Å². The van der Waals surface area contributed by atoms with E-state index in [0.29, 0.717) is 10.9 Å². The summed E-state index contributed by atoms with van der Waals surface area (Å²) in [7, 11) is 0. The molecule has 0 aromatic carbocycles. The van der Waals surface area contributed by atoms with E-state index in [1.54, 1.807) is 12.3 Å². The number of hydrogen-bond acceptors (Lipinski definition) is 7. The molecule has 0 radical (unpaired) electrons. The second kappa shape index (κ2) is 7.82. The van der Waals surface area contributed by atoms with Gasteiger partial charge in [0.25, 0.3) is 0 Å². The van der Waals surface area contributed by atoms with E-state index in [9.17, 15) is 9.18 Å². The zero-order valence-corrected chi connectivity index (χ0v) is 15.1. The van der Waals surface area contributed by atoms with E-state index in [0.717, 1.165) is 23.4 Å². The Morgan fingerprint density at radius 1 is 1.38 bits per heavy atom. The van der Waals surface area contributed by atoms with E-state index in [2.05, 4.69) is 19.7 Å². The van der Waals surface area contributed by atoms with Crippen LogP contribution in [0.25, 0.3) is 0 Å². The maximum atomic E-state index is 12.5. The van der Waals surface area contributed by atoms with Crippen molar-refractivity contribution < 1.29 is 13.9 Å². The van der Waals surface area contributed by atoms with Crippen LogP contribution in [0.1, 0.15) is 35.1 Å². The lowest BCUT2D eigenvalue weighted by molar-refractivity contribution is 0.0988. The van der Waals surface area contributed by atoms with E-state index in [-0.39, 0.29) is 18.0 Å². The largest absolute Gasteiger partial charge is 0.461 e.